The van der Waals surface area contributed by atoms with Gasteiger partial charge in [0, 0.05) is 5.69 Å². The van der Waals surface area contributed by atoms with Crippen molar-refractivity contribution >= 4 is 17.6 Å². The summed E-state index contributed by atoms with van der Waals surface area (Å²) in [6, 6.07) is 14.5. The molecule has 32 heavy (non-hydrogen) atoms. The molecule has 2 aromatic carbocycles. The molecule has 0 saturated carbocycles. The third-order valence-electron chi connectivity index (χ3n) is 4.67. The summed E-state index contributed by atoms with van der Waals surface area (Å²) < 4.78 is 20.7. The normalized spacial score (nSPS) is 14.5. The number of ether oxygens (including phenoxy) is 4. The van der Waals surface area contributed by atoms with Gasteiger partial charge in [-0.2, -0.15) is 0 Å². The van der Waals surface area contributed by atoms with Crippen LogP contribution in [0.2, 0.25) is 0 Å². The van der Waals surface area contributed by atoms with Crippen LogP contribution in [0.15, 0.2) is 54.6 Å². The number of hydrogen-bond acceptors (Lipinski definition) is 9. The number of aliphatic hydroxyl groups is 2. The second-order valence-electron chi connectivity index (χ2n) is 6.82. The highest BCUT2D eigenvalue weighted by Crippen LogP contribution is 2.21. The third kappa shape index (κ3) is 6.94. The molecule has 0 unspecified atom stereocenters. The van der Waals surface area contributed by atoms with Gasteiger partial charge in [-0.15, -0.1) is 0 Å². The average Bonchev–Trinajstić information content (AvgIpc) is 2.83. The van der Waals surface area contributed by atoms with Crippen LogP contribution in [0.1, 0.15) is 12.5 Å². The minimum atomic E-state index is -1.93. The van der Waals surface area contributed by atoms with Gasteiger partial charge in [0.15, 0.2) is 12.1 Å². The lowest BCUT2D eigenvalue weighted by Crippen LogP contribution is -2.54. The van der Waals surface area contributed by atoms with Gasteiger partial charge in [-0.25, -0.2) is 9.59 Å². The van der Waals surface area contributed by atoms with Gasteiger partial charge in [0.25, 0.3) is 0 Å². The van der Waals surface area contributed by atoms with E-state index >= 15 is 0 Å². The molecule has 0 amide bonds. The SMILES string of the molecule is CCOC(=O)[C@@H](Nc1ccc(OC)cc1)[C@H](OCc1ccccc1)[C@H](O)[C@@H](O)C(=O)OC. The number of aliphatic hydroxyl groups excluding tert-OH is 2. The highest BCUT2D eigenvalue weighted by molar-refractivity contribution is 5.81. The first-order valence-electron chi connectivity index (χ1n) is 10.1. The summed E-state index contributed by atoms with van der Waals surface area (Å²) in [6.45, 7) is 1.74. The summed E-state index contributed by atoms with van der Waals surface area (Å²) >= 11 is 0. The molecule has 0 aliphatic heterocycles. The van der Waals surface area contributed by atoms with E-state index in [1.807, 2.05) is 18.2 Å². The van der Waals surface area contributed by atoms with Crippen molar-refractivity contribution in [3.63, 3.8) is 0 Å². The molecular weight excluding hydrogens is 418 g/mol. The Balaban J connectivity index is 2.35. The fraction of sp³-hybridized carbons (Fsp3) is 0.391. The lowest BCUT2D eigenvalue weighted by atomic mass is 9.99. The zero-order chi connectivity index (χ0) is 23.5. The van der Waals surface area contributed by atoms with Crippen molar-refractivity contribution in [2.24, 2.45) is 0 Å². The topological polar surface area (TPSA) is 124 Å². The summed E-state index contributed by atoms with van der Waals surface area (Å²) in [7, 11) is 2.61. The number of carbonyl (C=O) groups excluding carboxylic acids is 2. The Bertz CT molecular complexity index is 843. The third-order valence-corrected chi connectivity index (χ3v) is 4.67. The standard InChI is InChI=1S/C23H29NO8/c1-4-31-22(27)18(24-16-10-12-17(29-2)13-11-16)21(19(25)20(26)23(28)30-3)32-14-15-8-6-5-7-9-15/h5-13,18-21,24-26H,4,14H2,1-3H3/t18-,19+,20+,21-/m0/s1. The largest absolute Gasteiger partial charge is 0.497 e. The Labute approximate surface area is 186 Å². The maximum Gasteiger partial charge on any atom is 0.337 e. The number of hydrogen-bond donors (Lipinski definition) is 3. The van der Waals surface area contributed by atoms with E-state index in [0.29, 0.717) is 11.4 Å². The predicted molar refractivity (Wildman–Crippen MR) is 116 cm³/mol. The summed E-state index contributed by atoms with van der Waals surface area (Å²) in [5.41, 5.74) is 1.28. The average molecular weight is 447 g/mol. The molecular formula is C23H29NO8. The van der Waals surface area contributed by atoms with Crippen LogP contribution in [0, 0.1) is 0 Å². The summed E-state index contributed by atoms with van der Waals surface area (Å²) in [6.07, 6.45) is -5.08. The van der Waals surface area contributed by atoms with Crippen molar-refractivity contribution in [1.82, 2.24) is 0 Å². The first kappa shape index (κ1) is 25.1. The molecule has 0 spiro atoms. The van der Waals surface area contributed by atoms with Gasteiger partial charge in [0.05, 0.1) is 27.4 Å². The van der Waals surface area contributed by atoms with E-state index in [2.05, 4.69) is 10.1 Å². The quantitative estimate of drug-likeness (QED) is 0.416. The van der Waals surface area contributed by atoms with Crippen molar-refractivity contribution in [1.29, 1.82) is 0 Å². The molecule has 174 valence electrons. The molecule has 0 fully saturated rings. The number of nitrogens with one attached hydrogen (secondary N) is 1. The molecule has 9 nitrogen and oxygen atoms in total. The maximum absolute atomic E-state index is 12.8. The van der Waals surface area contributed by atoms with Crippen LogP contribution in [0.4, 0.5) is 5.69 Å². The second kappa shape index (κ2) is 12.7. The molecule has 0 saturated heterocycles. The zero-order valence-corrected chi connectivity index (χ0v) is 18.3. The van der Waals surface area contributed by atoms with E-state index < -0.39 is 36.3 Å². The molecule has 9 heteroatoms. The summed E-state index contributed by atoms with van der Waals surface area (Å²) in [4.78, 5) is 24.6. The van der Waals surface area contributed by atoms with Gasteiger partial charge in [0.2, 0.25) is 0 Å². The molecule has 4 atom stereocenters. The lowest BCUT2D eigenvalue weighted by molar-refractivity contribution is -0.170. The fourth-order valence-corrected chi connectivity index (χ4v) is 2.97. The van der Waals surface area contributed by atoms with E-state index in [4.69, 9.17) is 14.2 Å². The van der Waals surface area contributed by atoms with Crippen LogP contribution in [-0.2, 0) is 30.4 Å². The van der Waals surface area contributed by atoms with Gasteiger partial charge in [-0.3, -0.25) is 0 Å². The second-order valence-corrected chi connectivity index (χ2v) is 6.82. The zero-order valence-electron chi connectivity index (χ0n) is 18.3. The molecule has 2 rings (SSSR count). The van der Waals surface area contributed by atoms with Crippen LogP contribution >= 0.6 is 0 Å². The Kier molecular flexibility index (Phi) is 9.93. The van der Waals surface area contributed by atoms with Gasteiger partial charge < -0.3 is 34.5 Å². The predicted octanol–water partition coefficient (Wildman–Crippen LogP) is 1.52. The molecule has 0 bridgehead atoms. The van der Waals surface area contributed by atoms with E-state index in [9.17, 15) is 19.8 Å². The van der Waals surface area contributed by atoms with Gasteiger partial charge in [0.1, 0.15) is 18.0 Å². The number of methoxy groups -OCH3 is 2. The number of esters is 2. The number of rotatable bonds is 12. The van der Waals surface area contributed by atoms with Crippen LogP contribution in [0.5, 0.6) is 5.75 Å². The first-order chi connectivity index (χ1) is 15.4. The van der Waals surface area contributed by atoms with Gasteiger partial charge in [-0.1, -0.05) is 30.3 Å². The lowest BCUT2D eigenvalue weighted by Gasteiger charge is -2.32. The highest BCUT2D eigenvalue weighted by atomic mass is 16.6. The van der Waals surface area contributed by atoms with Crippen molar-refractivity contribution in [3.05, 3.63) is 60.2 Å². The van der Waals surface area contributed by atoms with E-state index in [1.54, 1.807) is 43.3 Å². The Morgan fingerprint density at radius 3 is 2.19 bits per heavy atom. The number of anilines is 1. The van der Waals surface area contributed by atoms with Gasteiger partial charge >= 0.3 is 11.9 Å². The molecule has 0 radical (unpaired) electrons. The van der Waals surface area contributed by atoms with Crippen molar-refractivity contribution < 1.29 is 38.7 Å². The summed E-state index contributed by atoms with van der Waals surface area (Å²) in [5.74, 6) is -1.17. The monoisotopic (exact) mass is 447 g/mol. The minimum absolute atomic E-state index is 0.0106. The van der Waals surface area contributed by atoms with E-state index in [0.717, 1.165) is 12.7 Å². The van der Waals surface area contributed by atoms with Gasteiger partial charge in [-0.05, 0) is 36.8 Å². The first-order valence-corrected chi connectivity index (χ1v) is 10.1. The summed E-state index contributed by atoms with van der Waals surface area (Å²) in [5, 5.41) is 24.0. The fourth-order valence-electron chi connectivity index (χ4n) is 2.97. The van der Waals surface area contributed by atoms with Crippen LogP contribution in [0.3, 0.4) is 0 Å². The molecule has 3 N–H and O–H groups in total. The van der Waals surface area contributed by atoms with Crippen LogP contribution in [-0.4, -0.2) is 67.3 Å². The minimum Gasteiger partial charge on any atom is -0.497 e. The molecule has 2 aromatic rings. The smallest absolute Gasteiger partial charge is 0.337 e. The van der Waals surface area contributed by atoms with Crippen LogP contribution in [0.25, 0.3) is 0 Å². The molecule has 0 aliphatic rings. The molecule has 0 aliphatic carbocycles. The Hall–Kier alpha value is -3.14. The van der Waals surface area contributed by atoms with Crippen molar-refractivity contribution in [2.45, 2.75) is 37.9 Å². The van der Waals surface area contributed by atoms with Crippen molar-refractivity contribution in [3.8, 4) is 5.75 Å². The molecule has 0 aromatic heterocycles. The van der Waals surface area contributed by atoms with E-state index in [1.165, 1.54) is 7.11 Å². The number of carbonyl (C=O) groups is 2. The van der Waals surface area contributed by atoms with E-state index in [-0.39, 0.29) is 13.2 Å². The Morgan fingerprint density at radius 2 is 1.62 bits per heavy atom. The maximum atomic E-state index is 12.8. The highest BCUT2D eigenvalue weighted by Gasteiger charge is 2.41. The Morgan fingerprint density at radius 1 is 0.969 bits per heavy atom. The van der Waals surface area contributed by atoms with Crippen molar-refractivity contribution in [2.75, 3.05) is 26.1 Å². The van der Waals surface area contributed by atoms with Crippen LogP contribution < -0.4 is 10.1 Å². The number of benzene rings is 2. The molecule has 0 heterocycles.